The van der Waals surface area contributed by atoms with Crippen LogP contribution in [-0.2, 0) is 13.0 Å². The summed E-state index contributed by atoms with van der Waals surface area (Å²) in [6.07, 6.45) is 2.67. The van der Waals surface area contributed by atoms with E-state index in [-0.39, 0.29) is 5.91 Å². The van der Waals surface area contributed by atoms with Gasteiger partial charge in [-0.1, -0.05) is 24.3 Å². The number of amides is 1. The number of likely N-dealkylation sites (tertiary alicyclic amines) is 1. The van der Waals surface area contributed by atoms with Gasteiger partial charge in [-0.3, -0.25) is 4.79 Å². The van der Waals surface area contributed by atoms with Gasteiger partial charge >= 0.3 is 0 Å². The maximum Gasteiger partial charge on any atom is 0.254 e. The third kappa shape index (κ3) is 4.05. The Labute approximate surface area is 194 Å². The number of rotatable bonds is 3. The average Bonchev–Trinajstić information content (AvgIpc) is 3.28. The molecule has 2 aliphatic rings. The summed E-state index contributed by atoms with van der Waals surface area (Å²) in [6.45, 7) is 7.25. The standard InChI is InChI=1S/C27H29N5O/c1-17-13-18(2)23(14-22(17)26-30-24-7-10-29-16-25(24)31-26)27(33)32-11-8-19(9-12-32)21-6-4-3-5-20(21)15-28/h3-6,13-14,19,29H,7-12,16H2,1-2H3,(H,30,31). The number of carbonyl (C=O) groups is 1. The molecule has 6 nitrogen and oxygen atoms in total. The van der Waals surface area contributed by atoms with E-state index >= 15 is 0 Å². The first-order chi connectivity index (χ1) is 16.0. The van der Waals surface area contributed by atoms with Crippen molar-refractivity contribution in [2.75, 3.05) is 19.6 Å². The first-order valence-corrected chi connectivity index (χ1v) is 11.7. The van der Waals surface area contributed by atoms with Gasteiger partial charge in [0, 0.05) is 43.7 Å². The molecule has 1 aromatic heterocycles. The summed E-state index contributed by atoms with van der Waals surface area (Å²) in [7, 11) is 0. The van der Waals surface area contributed by atoms with Crippen molar-refractivity contribution < 1.29 is 4.79 Å². The van der Waals surface area contributed by atoms with Crippen LogP contribution < -0.4 is 5.32 Å². The number of hydrogen-bond acceptors (Lipinski definition) is 4. The van der Waals surface area contributed by atoms with Crippen molar-refractivity contribution in [2.45, 2.75) is 45.6 Å². The van der Waals surface area contributed by atoms with Crippen molar-refractivity contribution in [3.05, 3.63) is 75.6 Å². The molecular formula is C27H29N5O. The molecule has 0 unspecified atom stereocenters. The van der Waals surface area contributed by atoms with Crippen LogP contribution in [0.5, 0.6) is 0 Å². The predicted octanol–water partition coefficient (Wildman–Crippen LogP) is 4.23. The lowest BCUT2D eigenvalue weighted by Gasteiger charge is -2.33. The molecule has 0 radical (unpaired) electrons. The van der Waals surface area contributed by atoms with Gasteiger partial charge in [0.2, 0.25) is 0 Å². The molecule has 33 heavy (non-hydrogen) atoms. The van der Waals surface area contributed by atoms with Crippen LogP contribution in [0.15, 0.2) is 36.4 Å². The normalized spacial score (nSPS) is 16.3. The Hall–Kier alpha value is -3.43. The van der Waals surface area contributed by atoms with E-state index in [1.807, 2.05) is 36.1 Å². The number of benzene rings is 2. The Kier molecular flexibility index (Phi) is 5.74. The summed E-state index contributed by atoms with van der Waals surface area (Å²) in [4.78, 5) is 23.8. The highest BCUT2D eigenvalue weighted by Gasteiger charge is 2.27. The minimum atomic E-state index is 0.0822. The van der Waals surface area contributed by atoms with Crippen molar-refractivity contribution in [3.63, 3.8) is 0 Å². The molecule has 0 bridgehead atoms. The zero-order valence-corrected chi connectivity index (χ0v) is 19.2. The summed E-state index contributed by atoms with van der Waals surface area (Å²) in [5.74, 6) is 1.25. The number of aromatic nitrogens is 2. The van der Waals surface area contributed by atoms with Gasteiger partial charge in [-0.05, 0) is 61.4 Å². The average molecular weight is 440 g/mol. The van der Waals surface area contributed by atoms with E-state index in [9.17, 15) is 10.1 Å². The maximum atomic E-state index is 13.5. The Balaban J connectivity index is 1.36. The number of carbonyl (C=O) groups excluding carboxylic acids is 1. The van der Waals surface area contributed by atoms with Gasteiger partial charge in [0.05, 0.1) is 23.0 Å². The third-order valence-corrected chi connectivity index (χ3v) is 7.06. The van der Waals surface area contributed by atoms with Gasteiger partial charge in [-0.2, -0.15) is 5.26 Å². The summed E-state index contributed by atoms with van der Waals surface area (Å²) in [5.41, 5.74) is 7.98. The first-order valence-electron chi connectivity index (χ1n) is 11.7. The van der Waals surface area contributed by atoms with Crippen LogP contribution in [0, 0.1) is 25.2 Å². The lowest BCUT2D eigenvalue weighted by atomic mass is 9.86. The van der Waals surface area contributed by atoms with Gasteiger partial charge < -0.3 is 15.2 Å². The second-order valence-corrected chi connectivity index (χ2v) is 9.19. The second-order valence-electron chi connectivity index (χ2n) is 9.19. The minimum absolute atomic E-state index is 0.0822. The van der Waals surface area contributed by atoms with Gasteiger partial charge in [0.1, 0.15) is 5.82 Å². The molecular weight excluding hydrogens is 410 g/mol. The number of aryl methyl sites for hydroxylation is 2. The molecule has 168 valence electrons. The zero-order valence-electron chi connectivity index (χ0n) is 19.2. The fourth-order valence-corrected chi connectivity index (χ4v) is 5.20. The molecule has 6 heteroatoms. The number of piperidine rings is 1. The fourth-order valence-electron chi connectivity index (χ4n) is 5.20. The Bertz CT molecular complexity index is 1220. The molecule has 3 heterocycles. The summed E-state index contributed by atoms with van der Waals surface area (Å²) in [6, 6.07) is 14.3. The quantitative estimate of drug-likeness (QED) is 0.640. The molecule has 2 N–H and O–H groups in total. The van der Waals surface area contributed by atoms with E-state index in [2.05, 4.69) is 35.4 Å². The van der Waals surface area contributed by atoms with E-state index < -0.39 is 0 Å². The van der Waals surface area contributed by atoms with Crippen molar-refractivity contribution in [1.82, 2.24) is 20.2 Å². The molecule has 0 spiro atoms. The van der Waals surface area contributed by atoms with Crippen LogP contribution in [0.2, 0.25) is 0 Å². The lowest BCUT2D eigenvalue weighted by molar-refractivity contribution is 0.0712. The topological polar surface area (TPSA) is 84.8 Å². The van der Waals surface area contributed by atoms with Crippen molar-refractivity contribution >= 4 is 5.91 Å². The molecule has 0 aliphatic carbocycles. The number of fused-ring (bicyclic) bond motifs is 1. The van der Waals surface area contributed by atoms with Crippen LogP contribution in [0.3, 0.4) is 0 Å². The van der Waals surface area contributed by atoms with E-state index in [0.29, 0.717) is 19.0 Å². The summed E-state index contributed by atoms with van der Waals surface area (Å²) < 4.78 is 0. The van der Waals surface area contributed by atoms with Crippen LogP contribution >= 0.6 is 0 Å². The van der Waals surface area contributed by atoms with Gasteiger partial charge in [0.25, 0.3) is 5.91 Å². The largest absolute Gasteiger partial charge is 0.341 e. The van der Waals surface area contributed by atoms with Gasteiger partial charge in [0.15, 0.2) is 0 Å². The van der Waals surface area contributed by atoms with E-state index in [0.717, 1.165) is 82.9 Å². The van der Waals surface area contributed by atoms with Crippen LogP contribution in [-0.4, -0.2) is 40.4 Å². The molecule has 2 aromatic carbocycles. The Morgan fingerprint density at radius 3 is 2.70 bits per heavy atom. The number of hydrogen-bond donors (Lipinski definition) is 2. The summed E-state index contributed by atoms with van der Waals surface area (Å²) >= 11 is 0. The number of nitrogens with zero attached hydrogens (tertiary/aromatic N) is 3. The van der Waals surface area contributed by atoms with Crippen LogP contribution in [0.25, 0.3) is 11.4 Å². The molecule has 0 atom stereocenters. The predicted molar refractivity (Wildman–Crippen MR) is 128 cm³/mol. The van der Waals surface area contributed by atoms with E-state index in [1.165, 1.54) is 0 Å². The highest BCUT2D eigenvalue weighted by atomic mass is 16.2. The molecule has 0 saturated carbocycles. The smallest absolute Gasteiger partial charge is 0.254 e. The Morgan fingerprint density at radius 2 is 1.94 bits per heavy atom. The van der Waals surface area contributed by atoms with Gasteiger partial charge in [-0.15, -0.1) is 0 Å². The highest BCUT2D eigenvalue weighted by molar-refractivity contribution is 5.97. The summed E-state index contributed by atoms with van der Waals surface area (Å²) in [5, 5.41) is 12.8. The number of H-pyrrole nitrogens is 1. The monoisotopic (exact) mass is 439 g/mol. The lowest BCUT2D eigenvalue weighted by Crippen LogP contribution is -2.38. The third-order valence-electron chi connectivity index (χ3n) is 7.06. The fraction of sp³-hybridized carbons (Fsp3) is 0.370. The number of nitriles is 1. The SMILES string of the molecule is Cc1cc(C)c(-c2nc3c([nH]2)CNCC3)cc1C(=O)N1CCC(c2ccccc2C#N)CC1. The minimum Gasteiger partial charge on any atom is -0.341 e. The zero-order chi connectivity index (χ0) is 22.9. The molecule has 5 rings (SSSR count). The number of aromatic amines is 1. The van der Waals surface area contributed by atoms with Crippen molar-refractivity contribution in [3.8, 4) is 17.5 Å². The molecule has 1 saturated heterocycles. The molecule has 1 fully saturated rings. The molecule has 3 aromatic rings. The van der Waals surface area contributed by atoms with E-state index in [1.54, 1.807) is 0 Å². The van der Waals surface area contributed by atoms with Gasteiger partial charge in [-0.25, -0.2) is 4.98 Å². The number of imidazole rings is 1. The molecule has 1 amide bonds. The number of nitrogens with one attached hydrogen (secondary N) is 2. The van der Waals surface area contributed by atoms with E-state index in [4.69, 9.17) is 4.98 Å². The Morgan fingerprint density at radius 1 is 1.15 bits per heavy atom. The first kappa shape index (κ1) is 21.4. The second kappa shape index (κ2) is 8.84. The van der Waals surface area contributed by atoms with Crippen molar-refractivity contribution in [2.24, 2.45) is 0 Å². The van der Waals surface area contributed by atoms with Crippen molar-refractivity contribution in [1.29, 1.82) is 5.26 Å². The molecule has 2 aliphatic heterocycles. The van der Waals surface area contributed by atoms with Crippen LogP contribution in [0.4, 0.5) is 0 Å². The maximum absolute atomic E-state index is 13.5. The highest BCUT2D eigenvalue weighted by Crippen LogP contribution is 2.32. The van der Waals surface area contributed by atoms with Crippen LogP contribution in [0.1, 0.15) is 62.8 Å².